The van der Waals surface area contributed by atoms with Gasteiger partial charge in [-0.05, 0) is 87.7 Å². The van der Waals surface area contributed by atoms with Gasteiger partial charge in [-0.1, -0.05) is 136 Å². The van der Waals surface area contributed by atoms with E-state index in [2.05, 4.69) is 159 Å². The summed E-state index contributed by atoms with van der Waals surface area (Å²) in [5, 5.41) is 4.34. The van der Waals surface area contributed by atoms with Gasteiger partial charge in [0.05, 0.1) is 0 Å². The molecule has 0 N–H and O–H groups in total. The summed E-state index contributed by atoms with van der Waals surface area (Å²) >= 11 is 0. The van der Waals surface area contributed by atoms with Gasteiger partial charge in [0.25, 0.3) is 0 Å². The van der Waals surface area contributed by atoms with Crippen LogP contribution in [0, 0.1) is 0 Å². The van der Waals surface area contributed by atoms with Crippen LogP contribution in [-0.4, -0.2) is 0 Å². The number of hydrogen-bond donors (Lipinski definition) is 0. The van der Waals surface area contributed by atoms with Crippen LogP contribution in [0.3, 0.4) is 0 Å². The zero-order valence-electron chi connectivity index (χ0n) is 26.8. The molecule has 2 aromatic heterocycles. The lowest BCUT2D eigenvalue weighted by atomic mass is 9.91. The minimum atomic E-state index is 0.790. The van der Waals surface area contributed by atoms with E-state index in [-0.39, 0.29) is 0 Å². The van der Waals surface area contributed by atoms with Crippen molar-refractivity contribution in [2.24, 2.45) is 0 Å². The summed E-state index contributed by atoms with van der Waals surface area (Å²) in [5.41, 5.74) is 13.0. The van der Waals surface area contributed by atoms with Crippen molar-refractivity contribution >= 4 is 55.0 Å². The number of rotatable bonds is 8. The molecule has 47 heavy (non-hydrogen) atoms. The predicted octanol–water partition coefficient (Wildman–Crippen LogP) is 13.5. The predicted molar refractivity (Wildman–Crippen MR) is 199 cm³/mol. The van der Waals surface area contributed by atoms with Crippen LogP contribution in [0.15, 0.2) is 154 Å². The van der Waals surface area contributed by atoms with Gasteiger partial charge in [-0.2, -0.15) is 0 Å². The molecule has 2 heterocycles. The Bertz CT molecular complexity index is 2420. The summed E-state index contributed by atoms with van der Waals surface area (Å²) in [6.45, 7) is 4.47. The molecule has 0 bridgehead atoms. The van der Waals surface area contributed by atoms with E-state index in [1.807, 2.05) is 0 Å². The highest BCUT2D eigenvalue weighted by Gasteiger charge is 2.22. The first-order valence-corrected chi connectivity index (χ1v) is 16.6. The standard InChI is InChI=1S/C45H36O2/c1-3-14-33(30-16-8-5-9-17-30)26-36(15-4-2)37-29-39-38-27-34(31-18-10-6-11-19-31)22-24-41(38)46-44(39)45-43(37)40-28-35(23-25-42(40)47-45)32-20-12-7-13-21-32/h5-13,15-29H,3-4,14H2,1-2H3/b33-26+,36-15-. The molecule has 0 aliphatic carbocycles. The number of fused-ring (bicyclic) bond motifs is 7. The third-order valence-corrected chi connectivity index (χ3v) is 9.12. The van der Waals surface area contributed by atoms with Crippen LogP contribution in [0.1, 0.15) is 44.2 Å². The smallest absolute Gasteiger partial charge is 0.179 e. The van der Waals surface area contributed by atoms with Gasteiger partial charge in [0.2, 0.25) is 0 Å². The quantitative estimate of drug-likeness (QED) is 0.160. The molecule has 6 aromatic carbocycles. The lowest BCUT2D eigenvalue weighted by Gasteiger charge is -2.12. The summed E-state index contributed by atoms with van der Waals surface area (Å²) in [4.78, 5) is 0. The second-order valence-electron chi connectivity index (χ2n) is 12.2. The minimum Gasteiger partial charge on any atom is -0.452 e. The van der Waals surface area contributed by atoms with Crippen molar-refractivity contribution in [1.82, 2.24) is 0 Å². The van der Waals surface area contributed by atoms with Crippen LogP contribution in [0.25, 0.3) is 77.3 Å². The van der Waals surface area contributed by atoms with Crippen molar-refractivity contribution in [3.05, 3.63) is 157 Å². The van der Waals surface area contributed by atoms with Gasteiger partial charge in [-0.25, -0.2) is 0 Å². The number of hydrogen-bond acceptors (Lipinski definition) is 2. The van der Waals surface area contributed by atoms with E-state index in [0.29, 0.717) is 0 Å². The molecular weight excluding hydrogens is 572 g/mol. The first-order valence-electron chi connectivity index (χ1n) is 16.6. The molecule has 0 atom stereocenters. The largest absolute Gasteiger partial charge is 0.452 e. The molecular formula is C45H36O2. The second kappa shape index (κ2) is 12.3. The summed E-state index contributed by atoms with van der Waals surface area (Å²) in [7, 11) is 0. The van der Waals surface area contributed by atoms with Crippen molar-refractivity contribution in [3.63, 3.8) is 0 Å². The van der Waals surface area contributed by atoms with Gasteiger partial charge in [-0.15, -0.1) is 0 Å². The Labute approximate surface area is 275 Å². The van der Waals surface area contributed by atoms with E-state index in [0.717, 1.165) is 79.8 Å². The molecule has 0 fully saturated rings. The van der Waals surface area contributed by atoms with Gasteiger partial charge in [0, 0.05) is 21.5 Å². The summed E-state index contributed by atoms with van der Waals surface area (Å²) in [6, 6.07) is 47.3. The Kier molecular flexibility index (Phi) is 7.55. The van der Waals surface area contributed by atoms with Gasteiger partial charge in [0.15, 0.2) is 11.2 Å². The molecule has 0 saturated heterocycles. The van der Waals surface area contributed by atoms with Crippen molar-refractivity contribution in [2.45, 2.75) is 33.1 Å². The van der Waals surface area contributed by atoms with Crippen LogP contribution < -0.4 is 0 Å². The SMILES string of the molecule is CC/C=C(/C=C(\CCC)c1ccccc1)c1cc2c3cc(-c4ccccc4)ccc3oc2c2oc3ccc(-c4ccccc4)cc3c12. The first kappa shape index (κ1) is 28.8. The average molecular weight is 609 g/mol. The molecule has 8 rings (SSSR count). The Balaban J connectivity index is 1.45. The van der Waals surface area contributed by atoms with Crippen LogP contribution in [0.4, 0.5) is 0 Å². The highest BCUT2D eigenvalue weighted by atomic mass is 16.4. The molecule has 0 aliphatic heterocycles. The van der Waals surface area contributed by atoms with Crippen molar-refractivity contribution in [1.29, 1.82) is 0 Å². The van der Waals surface area contributed by atoms with Crippen LogP contribution in [-0.2, 0) is 0 Å². The molecule has 0 unspecified atom stereocenters. The fourth-order valence-electron chi connectivity index (χ4n) is 6.89. The number of benzene rings is 6. The fraction of sp³-hybridized carbons (Fsp3) is 0.111. The lowest BCUT2D eigenvalue weighted by Crippen LogP contribution is -1.90. The van der Waals surface area contributed by atoms with E-state index in [1.165, 1.54) is 27.8 Å². The maximum absolute atomic E-state index is 6.77. The lowest BCUT2D eigenvalue weighted by molar-refractivity contribution is 0.633. The van der Waals surface area contributed by atoms with Gasteiger partial charge in [0.1, 0.15) is 11.2 Å². The van der Waals surface area contributed by atoms with Gasteiger partial charge >= 0.3 is 0 Å². The molecule has 2 nitrogen and oxygen atoms in total. The number of furan rings is 2. The van der Waals surface area contributed by atoms with E-state index in [9.17, 15) is 0 Å². The number of allylic oxidation sites excluding steroid dienone is 4. The highest BCUT2D eigenvalue weighted by molar-refractivity contribution is 6.23. The van der Waals surface area contributed by atoms with Crippen LogP contribution in [0.2, 0.25) is 0 Å². The molecule has 2 heteroatoms. The molecule has 0 aliphatic rings. The highest BCUT2D eigenvalue weighted by Crippen LogP contribution is 2.45. The summed E-state index contributed by atoms with van der Waals surface area (Å²) in [5.74, 6) is 0. The van der Waals surface area contributed by atoms with E-state index in [1.54, 1.807) is 0 Å². The molecule has 0 radical (unpaired) electrons. The molecule has 0 saturated carbocycles. The summed E-state index contributed by atoms with van der Waals surface area (Å²) < 4.78 is 13.4. The average Bonchev–Trinajstić information content (AvgIpc) is 3.70. The zero-order chi connectivity index (χ0) is 31.7. The van der Waals surface area contributed by atoms with Crippen molar-refractivity contribution in [2.75, 3.05) is 0 Å². The molecule has 8 aromatic rings. The topological polar surface area (TPSA) is 26.3 Å². The van der Waals surface area contributed by atoms with Crippen LogP contribution >= 0.6 is 0 Å². The molecule has 0 amide bonds. The fourth-order valence-corrected chi connectivity index (χ4v) is 6.89. The third kappa shape index (κ3) is 5.26. The van der Waals surface area contributed by atoms with Crippen molar-refractivity contribution < 1.29 is 8.83 Å². The normalized spacial score (nSPS) is 12.6. The molecule has 0 spiro atoms. The second-order valence-corrected chi connectivity index (χ2v) is 12.2. The first-order chi connectivity index (χ1) is 23.2. The van der Waals surface area contributed by atoms with E-state index < -0.39 is 0 Å². The Morgan fingerprint density at radius 2 is 1.13 bits per heavy atom. The van der Waals surface area contributed by atoms with Crippen LogP contribution in [0.5, 0.6) is 0 Å². The minimum absolute atomic E-state index is 0.790. The Morgan fingerprint density at radius 1 is 0.553 bits per heavy atom. The third-order valence-electron chi connectivity index (χ3n) is 9.12. The van der Waals surface area contributed by atoms with Crippen molar-refractivity contribution in [3.8, 4) is 22.3 Å². The summed E-state index contributed by atoms with van der Waals surface area (Å²) in [6.07, 6.45) is 7.74. The monoisotopic (exact) mass is 608 g/mol. The maximum Gasteiger partial charge on any atom is 0.179 e. The zero-order valence-corrected chi connectivity index (χ0v) is 26.8. The van der Waals surface area contributed by atoms with Gasteiger partial charge in [-0.3, -0.25) is 0 Å². The van der Waals surface area contributed by atoms with E-state index in [4.69, 9.17) is 8.83 Å². The maximum atomic E-state index is 6.77. The Hall–Kier alpha value is -5.60. The molecule has 228 valence electrons. The Morgan fingerprint density at radius 3 is 1.74 bits per heavy atom. The van der Waals surface area contributed by atoms with E-state index >= 15 is 0 Å². The van der Waals surface area contributed by atoms with Gasteiger partial charge < -0.3 is 8.83 Å².